The molecule has 224 valence electrons. The molecule has 3 amide bonds. The van der Waals surface area contributed by atoms with E-state index in [4.69, 9.17) is 15.2 Å². The van der Waals surface area contributed by atoms with Crippen molar-refractivity contribution in [1.29, 1.82) is 0 Å². The van der Waals surface area contributed by atoms with Crippen molar-refractivity contribution in [2.75, 3.05) is 11.9 Å². The minimum absolute atomic E-state index is 0.00164. The van der Waals surface area contributed by atoms with Crippen LogP contribution in [0.1, 0.15) is 39.0 Å². The van der Waals surface area contributed by atoms with Crippen molar-refractivity contribution in [1.82, 2.24) is 5.32 Å². The molecule has 0 radical (unpaired) electrons. The van der Waals surface area contributed by atoms with E-state index in [9.17, 15) is 19.2 Å². The van der Waals surface area contributed by atoms with Crippen molar-refractivity contribution in [3.63, 3.8) is 0 Å². The largest absolute Gasteiger partial charge is 0.461 e. The molecule has 0 aliphatic heterocycles. The molecule has 4 aromatic carbocycles. The first-order valence-electron chi connectivity index (χ1n) is 13.9. The number of anilines is 1. The van der Waals surface area contributed by atoms with Gasteiger partial charge in [-0.2, -0.15) is 4.99 Å². The molecule has 0 aliphatic rings. The highest BCUT2D eigenvalue weighted by atomic mass is 16.5. The van der Waals surface area contributed by atoms with Gasteiger partial charge in [0, 0.05) is 23.4 Å². The second-order valence-electron chi connectivity index (χ2n) is 9.69. The van der Waals surface area contributed by atoms with Gasteiger partial charge in [0.2, 0.25) is 5.91 Å². The fraction of sp³-hybridized carbons (Fsp3) is 0.147. The molecule has 0 heterocycles. The van der Waals surface area contributed by atoms with Crippen molar-refractivity contribution in [3.8, 4) is 0 Å². The number of rotatable bonds is 12. The number of carbonyl (C=O) groups excluding carboxylic acids is 4. The maximum absolute atomic E-state index is 12.7. The molecule has 0 aromatic heterocycles. The number of nitrogens with one attached hydrogen (secondary N) is 2. The van der Waals surface area contributed by atoms with E-state index in [0.29, 0.717) is 22.4 Å². The Balaban J connectivity index is 1.20. The number of nitrogens with zero attached hydrogens (tertiary/aromatic N) is 1. The number of ether oxygens (including phenoxy) is 2. The van der Waals surface area contributed by atoms with Crippen LogP contribution in [0.15, 0.2) is 114 Å². The summed E-state index contributed by atoms with van der Waals surface area (Å²) in [4.78, 5) is 53.0. The van der Waals surface area contributed by atoms with E-state index in [1.165, 1.54) is 0 Å². The second-order valence-corrected chi connectivity index (χ2v) is 9.69. The average Bonchev–Trinajstić information content (AvgIpc) is 3.04. The summed E-state index contributed by atoms with van der Waals surface area (Å²) in [6.45, 7) is 0.376. The first kappa shape index (κ1) is 31.2. The van der Waals surface area contributed by atoms with Crippen LogP contribution in [-0.4, -0.2) is 36.3 Å². The van der Waals surface area contributed by atoms with Crippen LogP contribution < -0.4 is 16.4 Å². The first-order chi connectivity index (χ1) is 21.4. The zero-order valence-corrected chi connectivity index (χ0v) is 23.9. The molecule has 0 unspecified atom stereocenters. The van der Waals surface area contributed by atoms with Crippen molar-refractivity contribution < 1.29 is 28.7 Å². The lowest BCUT2D eigenvalue weighted by molar-refractivity contribution is -0.144. The van der Waals surface area contributed by atoms with Crippen molar-refractivity contribution in [3.05, 3.63) is 137 Å². The van der Waals surface area contributed by atoms with Gasteiger partial charge in [-0.3, -0.25) is 14.4 Å². The highest BCUT2D eigenvalue weighted by Gasteiger charge is 2.11. The van der Waals surface area contributed by atoms with Gasteiger partial charge in [0.25, 0.3) is 5.91 Å². The number of amidine groups is 1. The van der Waals surface area contributed by atoms with Gasteiger partial charge in [-0.05, 0) is 34.9 Å². The van der Waals surface area contributed by atoms with E-state index in [-0.39, 0.29) is 50.3 Å². The summed E-state index contributed by atoms with van der Waals surface area (Å²) in [6.07, 6.45) is -0.700. The van der Waals surface area contributed by atoms with Crippen LogP contribution in [0.5, 0.6) is 0 Å². The lowest BCUT2D eigenvalue weighted by Crippen LogP contribution is -2.26. The van der Waals surface area contributed by atoms with E-state index >= 15 is 0 Å². The summed E-state index contributed by atoms with van der Waals surface area (Å²) in [5, 5.41) is 5.47. The Bertz CT molecular complexity index is 1610. The Labute approximate surface area is 254 Å². The van der Waals surface area contributed by atoms with Crippen LogP contribution in [0.4, 0.5) is 10.5 Å². The quantitative estimate of drug-likeness (QED) is 0.122. The number of benzene rings is 4. The number of hydrogen-bond donors (Lipinski definition) is 3. The Hall–Kier alpha value is -5.77. The topological polar surface area (TPSA) is 149 Å². The van der Waals surface area contributed by atoms with Gasteiger partial charge in [0.05, 0.1) is 12.8 Å². The van der Waals surface area contributed by atoms with E-state index in [2.05, 4.69) is 15.6 Å². The predicted octanol–water partition coefficient (Wildman–Crippen LogP) is 4.77. The SMILES string of the molecule is NC(=NC(=O)OCc1ccccc1)c1ccc(CC(=O)Nc2cccc(C(=O)NCCC(=O)OCc3ccccc3)c2)cc1. The number of amides is 3. The molecule has 44 heavy (non-hydrogen) atoms. The molecule has 4 rings (SSSR count). The maximum Gasteiger partial charge on any atom is 0.435 e. The molecule has 0 spiro atoms. The predicted molar refractivity (Wildman–Crippen MR) is 166 cm³/mol. The van der Waals surface area contributed by atoms with E-state index in [0.717, 1.165) is 11.1 Å². The third-order valence-electron chi connectivity index (χ3n) is 6.30. The van der Waals surface area contributed by atoms with Crippen molar-refractivity contribution in [2.45, 2.75) is 26.1 Å². The Morgan fingerprint density at radius 3 is 1.98 bits per heavy atom. The summed E-state index contributed by atoms with van der Waals surface area (Å²) < 4.78 is 10.3. The lowest BCUT2D eigenvalue weighted by Gasteiger charge is -2.09. The molecule has 10 nitrogen and oxygen atoms in total. The lowest BCUT2D eigenvalue weighted by atomic mass is 10.1. The zero-order valence-electron chi connectivity index (χ0n) is 23.9. The molecule has 0 saturated carbocycles. The van der Waals surface area contributed by atoms with Crippen LogP contribution >= 0.6 is 0 Å². The van der Waals surface area contributed by atoms with E-state index in [1.54, 1.807) is 48.5 Å². The number of aliphatic imine (C=N–C) groups is 1. The minimum atomic E-state index is -0.799. The zero-order chi connectivity index (χ0) is 31.1. The number of carbonyl (C=O) groups is 4. The molecular weight excluding hydrogens is 560 g/mol. The molecule has 0 saturated heterocycles. The van der Waals surface area contributed by atoms with E-state index in [1.807, 2.05) is 60.7 Å². The van der Waals surface area contributed by atoms with Gasteiger partial charge < -0.3 is 25.8 Å². The molecular formula is C34H32N4O6. The monoisotopic (exact) mass is 592 g/mol. The summed E-state index contributed by atoms with van der Waals surface area (Å²) in [5.41, 5.74) is 9.67. The molecule has 0 atom stereocenters. The Kier molecular flexibility index (Phi) is 11.3. The minimum Gasteiger partial charge on any atom is -0.461 e. The van der Waals surface area contributed by atoms with Crippen molar-refractivity contribution in [2.24, 2.45) is 10.7 Å². The van der Waals surface area contributed by atoms with Gasteiger partial charge in [-0.15, -0.1) is 0 Å². The van der Waals surface area contributed by atoms with Gasteiger partial charge in [-0.25, -0.2) is 4.79 Å². The summed E-state index contributed by atoms with van der Waals surface area (Å²) >= 11 is 0. The van der Waals surface area contributed by atoms with Crippen LogP contribution in [0.2, 0.25) is 0 Å². The smallest absolute Gasteiger partial charge is 0.435 e. The van der Waals surface area contributed by atoms with Gasteiger partial charge in [0.1, 0.15) is 19.0 Å². The van der Waals surface area contributed by atoms with Crippen LogP contribution in [0.3, 0.4) is 0 Å². The number of esters is 1. The molecule has 10 heteroatoms. The summed E-state index contributed by atoms with van der Waals surface area (Å²) in [7, 11) is 0. The van der Waals surface area contributed by atoms with E-state index < -0.39 is 12.1 Å². The third-order valence-corrected chi connectivity index (χ3v) is 6.30. The Morgan fingerprint density at radius 1 is 0.682 bits per heavy atom. The average molecular weight is 593 g/mol. The maximum atomic E-state index is 12.7. The van der Waals surface area contributed by atoms with Gasteiger partial charge >= 0.3 is 12.1 Å². The summed E-state index contributed by atoms with van der Waals surface area (Å²) in [6, 6.07) is 31.8. The molecule has 4 aromatic rings. The van der Waals surface area contributed by atoms with Crippen LogP contribution in [-0.2, 0) is 38.7 Å². The molecule has 0 fully saturated rings. The summed E-state index contributed by atoms with van der Waals surface area (Å²) in [5.74, 6) is -1.09. The molecule has 4 N–H and O–H groups in total. The van der Waals surface area contributed by atoms with Crippen LogP contribution in [0, 0.1) is 0 Å². The normalized spacial score (nSPS) is 10.9. The number of nitrogens with two attached hydrogens (primary N) is 1. The number of hydrogen-bond acceptors (Lipinski definition) is 6. The van der Waals surface area contributed by atoms with Crippen molar-refractivity contribution >= 4 is 35.4 Å². The molecule has 0 bridgehead atoms. The highest BCUT2D eigenvalue weighted by Crippen LogP contribution is 2.13. The van der Waals surface area contributed by atoms with Gasteiger partial charge in [-0.1, -0.05) is 91.0 Å². The van der Waals surface area contributed by atoms with Crippen LogP contribution in [0.25, 0.3) is 0 Å². The first-order valence-corrected chi connectivity index (χ1v) is 13.9. The Morgan fingerprint density at radius 2 is 1.32 bits per heavy atom. The fourth-order valence-electron chi connectivity index (χ4n) is 4.03. The highest BCUT2D eigenvalue weighted by molar-refractivity contribution is 6.03. The third kappa shape index (κ3) is 10.3. The second kappa shape index (κ2) is 16.0. The molecule has 0 aliphatic carbocycles. The standard InChI is InChI=1S/C34H32N4O6/c35-32(38-34(42)44-23-26-10-5-2-6-11-26)27-16-14-24(15-17-27)20-30(39)37-29-13-7-12-28(21-29)33(41)36-19-18-31(40)43-22-25-8-3-1-4-9-25/h1-17,21H,18-20,22-23H2,(H,36,41)(H,37,39)(H2,35,38,42). The van der Waals surface area contributed by atoms with Gasteiger partial charge in [0.15, 0.2) is 0 Å². The fourth-order valence-corrected chi connectivity index (χ4v) is 4.03.